The van der Waals surface area contributed by atoms with Crippen LogP contribution in [0.4, 0.5) is 0 Å². The highest BCUT2D eigenvalue weighted by Crippen LogP contribution is 2.32. The molecule has 0 bridgehead atoms. The molecule has 2 aliphatic carbocycles. The molecule has 0 heterocycles. The van der Waals surface area contributed by atoms with Gasteiger partial charge in [-0.25, -0.2) is 4.79 Å². The molecule has 2 rings (SSSR count). The Balaban J connectivity index is 1.65. The van der Waals surface area contributed by atoms with Crippen LogP contribution in [0.15, 0.2) is 12.2 Å². The number of esters is 2. The van der Waals surface area contributed by atoms with Crippen molar-refractivity contribution in [2.45, 2.75) is 96.7 Å². The van der Waals surface area contributed by atoms with E-state index in [1.165, 1.54) is 38.2 Å². The number of ether oxygens (including phenoxy) is 2. The Kier molecular flexibility index (Phi) is 8.50. The van der Waals surface area contributed by atoms with Gasteiger partial charge in [0.15, 0.2) is 0 Å². The zero-order valence-corrected chi connectivity index (χ0v) is 15.9. The van der Waals surface area contributed by atoms with E-state index in [4.69, 9.17) is 9.47 Å². The Morgan fingerprint density at radius 1 is 0.920 bits per heavy atom. The van der Waals surface area contributed by atoms with Crippen LogP contribution in [0.25, 0.3) is 0 Å². The van der Waals surface area contributed by atoms with E-state index in [0.29, 0.717) is 0 Å². The minimum atomic E-state index is -0.284. The average Bonchev–Trinajstić information content (AvgIpc) is 2.62. The van der Waals surface area contributed by atoms with Gasteiger partial charge in [0, 0.05) is 6.08 Å². The van der Waals surface area contributed by atoms with Gasteiger partial charge in [0.2, 0.25) is 0 Å². The van der Waals surface area contributed by atoms with E-state index in [1.54, 1.807) is 13.0 Å². The predicted octanol–water partition coefficient (Wildman–Crippen LogP) is 4.96. The largest absolute Gasteiger partial charge is 0.462 e. The summed E-state index contributed by atoms with van der Waals surface area (Å²) < 4.78 is 11.2. The van der Waals surface area contributed by atoms with Gasteiger partial charge in [-0.2, -0.15) is 0 Å². The summed E-state index contributed by atoms with van der Waals surface area (Å²) in [6, 6.07) is 0. The lowest BCUT2D eigenvalue weighted by Gasteiger charge is -2.31. The summed E-state index contributed by atoms with van der Waals surface area (Å²) in [5.74, 6) is 0.496. The third-order valence-corrected chi connectivity index (χ3v) is 5.64. The third kappa shape index (κ3) is 6.83. The van der Waals surface area contributed by atoms with E-state index < -0.39 is 0 Å². The number of hydrogen-bond donors (Lipinski definition) is 0. The monoisotopic (exact) mass is 350 g/mol. The second-order valence-electron chi connectivity index (χ2n) is 7.63. The fourth-order valence-corrected chi connectivity index (χ4v) is 4.05. The normalized spacial score (nSPS) is 30.2. The van der Waals surface area contributed by atoms with E-state index >= 15 is 0 Å². The summed E-state index contributed by atoms with van der Waals surface area (Å²) in [6.07, 6.45) is 14.6. The Morgan fingerprint density at radius 2 is 1.52 bits per heavy atom. The Morgan fingerprint density at radius 3 is 2.12 bits per heavy atom. The maximum absolute atomic E-state index is 12.4. The fraction of sp³-hybridized carbons (Fsp3) is 0.810. The highest BCUT2D eigenvalue weighted by Gasteiger charge is 2.31. The summed E-state index contributed by atoms with van der Waals surface area (Å²) in [4.78, 5) is 23.9. The van der Waals surface area contributed by atoms with E-state index in [-0.39, 0.29) is 30.1 Å². The van der Waals surface area contributed by atoms with Crippen LogP contribution >= 0.6 is 0 Å². The highest BCUT2D eigenvalue weighted by molar-refractivity contribution is 5.82. The van der Waals surface area contributed by atoms with Crippen LogP contribution in [0.5, 0.6) is 0 Å². The Bertz CT molecular complexity index is 441. The smallest absolute Gasteiger partial charge is 0.330 e. The summed E-state index contributed by atoms with van der Waals surface area (Å²) in [7, 11) is 0. The number of carbonyl (C=O) groups is 2. The lowest BCUT2D eigenvalue weighted by Crippen LogP contribution is -2.32. The molecule has 0 unspecified atom stereocenters. The first-order chi connectivity index (χ1) is 12.1. The van der Waals surface area contributed by atoms with Crippen LogP contribution in [0, 0.1) is 11.8 Å². The standard InChI is InChI=1S/C21H34O4/c1-3-5-7-16-8-12-19(13-9-16)25-21(23)17-10-14-18(15-11-17)24-20(22)6-4-2/h4,6,16-19H,3,5,7-15H2,1-2H3/b6-4+. The molecule has 0 atom stereocenters. The minimum absolute atomic E-state index is 0.0190. The molecule has 0 aromatic rings. The maximum Gasteiger partial charge on any atom is 0.330 e. The number of unbranched alkanes of at least 4 members (excludes halogenated alkanes) is 1. The van der Waals surface area contributed by atoms with Crippen molar-refractivity contribution in [1.29, 1.82) is 0 Å². The molecule has 0 spiro atoms. The molecule has 142 valence electrons. The molecule has 0 radical (unpaired) electrons. The third-order valence-electron chi connectivity index (χ3n) is 5.64. The highest BCUT2D eigenvalue weighted by atomic mass is 16.5. The molecule has 4 heteroatoms. The van der Waals surface area contributed by atoms with E-state index in [0.717, 1.165) is 44.4 Å². The van der Waals surface area contributed by atoms with Gasteiger partial charge in [-0.05, 0) is 64.2 Å². The number of hydrogen-bond acceptors (Lipinski definition) is 4. The molecule has 2 saturated carbocycles. The first-order valence-corrected chi connectivity index (χ1v) is 10.2. The average molecular weight is 350 g/mol. The van der Waals surface area contributed by atoms with Crippen molar-refractivity contribution in [1.82, 2.24) is 0 Å². The van der Waals surface area contributed by atoms with Gasteiger partial charge in [0.25, 0.3) is 0 Å². The van der Waals surface area contributed by atoms with Gasteiger partial charge >= 0.3 is 11.9 Å². The van der Waals surface area contributed by atoms with Crippen molar-refractivity contribution in [2.24, 2.45) is 11.8 Å². The van der Waals surface area contributed by atoms with Crippen molar-refractivity contribution in [3.05, 3.63) is 12.2 Å². The molecule has 4 nitrogen and oxygen atoms in total. The quantitative estimate of drug-likeness (QED) is 0.481. The molecule has 0 aromatic carbocycles. The van der Waals surface area contributed by atoms with E-state index in [2.05, 4.69) is 6.92 Å². The van der Waals surface area contributed by atoms with E-state index in [1.807, 2.05) is 0 Å². The van der Waals surface area contributed by atoms with Gasteiger partial charge in [0.1, 0.15) is 12.2 Å². The van der Waals surface area contributed by atoms with Crippen LogP contribution in [0.1, 0.15) is 84.5 Å². The Labute approximate surface area is 152 Å². The number of rotatable bonds is 7. The molecule has 0 aliphatic heterocycles. The summed E-state index contributed by atoms with van der Waals surface area (Å²) in [6.45, 7) is 4.04. The van der Waals surface area contributed by atoms with Crippen LogP contribution in [-0.2, 0) is 19.1 Å². The maximum atomic E-state index is 12.4. The molecular formula is C21H34O4. The van der Waals surface area contributed by atoms with Crippen LogP contribution in [0.3, 0.4) is 0 Å². The molecule has 0 saturated heterocycles. The zero-order valence-electron chi connectivity index (χ0n) is 15.9. The minimum Gasteiger partial charge on any atom is -0.462 e. The molecule has 0 amide bonds. The second kappa shape index (κ2) is 10.6. The van der Waals surface area contributed by atoms with Gasteiger partial charge in [0.05, 0.1) is 5.92 Å². The first-order valence-electron chi connectivity index (χ1n) is 10.2. The number of allylic oxidation sites excluding steroid dienone is 1. The Hall–Kier alpha value is -1.32. The topological polar surface area (TPSA) is 52.6 Å². The number of carbonyl (C=O) groups excluding carboxylic acids is 2. The van der Waals surface area contributed by atoms with Gasteiger partial charge in [-0.3, -0.25) is 4.79 Å². The predicted molar refractivity (Wildman–Crippen MR) is 98.0 cm³/mol. The molecule has 25 heavy (non-hydrogen) atoms. The van der Waals surface area contributed by atoms with Crippen molar-refractivity contribution < 1.29 is 19.1 Å². The van der Waals surface area contributed by atoms with Crippen molar-refractivity contribution in [3.8, 4) is 0 Å². The molecular weight excluding hydrogens is 316 g/mol. The van der Waals surface area contributed by atoms with Gasteiger partial charge in [-0.1, -0.05) is 32.3 Å². The van der Waals surface area contributed by atoms with Crippen molar-refractivity contribution >= 4 is 11.9 Å². The van der Waals surface area contributed by atoms with Gasteiger partial charge < -0.3 is 9.47 Å². The summed E-state index contributed by atoms with van der Waals surface area (Å²) >= 11 is 0. The molecule has 2 aliphatic rings. The lowest BCUT2D eigenvalue weighted by molar-refractivity contribution is -0.158. The fourth-order valence-electron chi connectivity index (χ4n) is 4.05. The van der Waals surface area contributed by atoms with Crippen LogP contribution in [-0.4, -0.2) is 24.1 Å². The first kappa shape index (κ1) is 20.0. The van der Waals surface area contributed by atoms with Gasteiger partial charge in [-0.15, -0.1) is 0 Å². The SMILES string of the molecule is C/C=C/C(=O)OC1CCC(C(=O)OC2CCC(CCCC)CC2)CC1. The summed E-state index contributed by atoms with van der Waals surface area (Å²) in [5.41, 5.74) is 0. The molecule has 2 fully saturated rings. The van der Waals surface area contributed by atoms with Crippen LogP contribution < -0.4 is 0 Å². The van der Waals surface area contributed by atoms with Crippen molar-refractivity contribution in [3.63, 3.8) is 0 Å². The molecule has 0 N–H and O–H groups in total. The second-order valence-corrected chi connectivity index (χ2v) is 7.63. The zero-order chi connectivity index (χ0) is 18.1. The summed E-state index contributed by atoms with van der Waals surface area (Å²) in [5, 5.41) is 0. The van der Waals surface area contributed by atoms with E-state index in [9.17, 15) is 9.59 Å². The van der Waals surface area contributed by atoms with Crippen molar-refractivity contribution in [2.75, 3.05) is 0 Å². The molecule has 0 aromatic heterocycles. The van der Waals surface area contributed by atoms with Crippen LogP contribution in [0.2, 0.25) is 0 Å². The lowest BCUT2D eigenvalue weighted by atomic mass is 9.84.